The lowest BCUT2D eigenvalue weighted by molar-refractivity contribution is -0.153. The van der Waals surface area contributed by atoms with Crippen LogP contribution in [0.15, 0.2) is 48.2 Å². The van der Waals surface area contributed by atoms with Crippen LogP contribution in [0, 0.1) is 0 Å². The molecule has 2 rings (SSSR count). The van der Waals surface area contributed by atoms with Crippen molar-refractivity contribution < 1.29 is 20.1 Å². The van der Waals surface area contributed by atoms with Gasteiger partial charge in [0.25, 0.3) is 0 Å². The number of carboxylic acid groups (broad SMARTS) is 1. The second kappa shape index (κ2) is 4.07. The van der Waals surface area contributed by atoms with Crippen LogP contribution >= 0.6 is 0 Å². The molecule has 0 aliphatic heterocycles. The molecule has 1 aromatic carbocycles. The molecular weight excluding hydrogens is 220 g/mol. The Morgan fingerprint density at radius 1 is 1.24 bits per heavy atom. The maximum absolute atomic E-state index is 11.0. The van der Waals surface area contributed by atoms with Crippen molar-refractivity contribution in [2.45, 2.75) is 12.0 Å². The highest BCUT2D eigenvalue weighted by atomic mass is 16.4. The molecule has 4 heteroatoms. The average molecular weight is 232 g/mol. The molecule has 1 aliphatic carbocycles. The van der Waals surface area contributed by atoms with Gasteiger partial charge in [-0.05, 0) is 17.7 Å². The maximum atomic E-state index is 11.0. The minimum atomic E-state index is -1.95. The van der Waals surface area contributed by atoms with E-state index in [0.29, 0.717) is 11.1 Å². The quantitative estimate of drug-likeness (QED) is 0.725. The van der Waals surface area contributed by atoms with E-state index < -0.39 is 11.6 Å². The minimum absolute atomic E-state index is 0.0119. The molecule has 4 nitrogen and oxygen atoms in total. The summed E-state index contributed by atoms with van der Waals surface area (Å²) in [5, 5.41) is 28.5. The van der Waals surface area contributed by atoms with E-state index in [9.17, 15) is 15.0 Å². The second-order valence-corrected chi connectivity index (χ2v) is 3.97. The number of aliphatic hydroxyl groups is 2. The molecule has 88 valence electrons. The van der Waals surface area contributed by atoms with Gasteiger partial charge in [0.15, 0.2) is 5.60 Å². The summed E-state index contributed by atoms with van der Waals surface area (Å²) in [5.41, 5.74) is -0.816. The number of aliphatic hydroxyl groups excluding tert-OH is 1. The van der Waals surface area contributed by atoms with Crippen molar-refractivity contribution in [2.24, 2.45) is 0 Å². The van der Waals surface area contributed by atoms with Crippen molar-refractivity contribution in [3.05, 3.63) is 53.8 Å². The molecule has 0 amide bonds. The molecule has 0 saturated carbocycles. The van der Waals surface area contributed by atoms with E-state index in [2.05, 4.69) is 0 Å². The molecule has 0 aromatic heterocycles. The number of benzene rings is 1. The highest BCUT2D eigenvalue weighted by Gasteiger charge is 2.37. The summed E-state index contributed by atoms with van der Waals surface area (Å²) >= 11 is 0. The first-order valence-electron chi connectivity index (χ1n) is 5.15. The summed E-state index contributed by atoms with van der Waals surface area (Å²) in [4.78, 5) is 11.0. The molecule has 0 spiro atoms. The lowest BCUT2D eigenvalue weighted by atomic mass is 9.85. The average Bonchev–Trinajstić information content (AvgIpc) is 2.33. The Morgan fingerprint density at radius 3 is 2.47 bits per heavy atom. The molecular formula is C13H12O4. The number of hydrogen-bond donors (Lipinski definition) is 3. The maximum Gasteiger partial charge on any atom is 0.340 e. The molecule has 0 fully saturated rings. The van der Waals surface area contributed by atoms with Gasteiger partial charge in [-0.3, -0.25) is 0 Å². The van der Waals surface area contributed by atoms with Crippen LogP contribution in [0.1, 0.15) is 12.0 Å². The molecule has 0 saturated heterocycles. The van der Waals surface area contributed by atoms with Crippen LogP contribution in [0.3, 0.4) is 0 Å². The second-order valence-electron chi connectivity index (χ2n) is 3.97. The van der Waals surface area contributed by atoms with Crippen molar-refractivity contribution in [2.75, 3.05) is 0 Å². The Kier molecular flexibility index (Phi) is 2.73. The fourth-order valence-corrected chi connectivity index (χ4v) is 1.77. The first-order chi connectivity index (χ1) is 8.03. The van der Waals surface area contributed by atoms with Gasteiger partial charge in [-0.2, -0.15) is 0 Å². The van der Waals surface area contributed by atoms with E-state index in [1.807, 2.05) is 6.07 Å². The minimum Gasteiger partial charge on any atom is -0.508 e. The van der Waals surface area contributed by atoms with Gasteiger partial charge >= 0.3 is 5.97 Å². The van der Waals surface area contributed by atoms with Crippen molar-refractivity contribution in [3.8, 4) is 0 Å². The Morgan fingerprint density at radius 2 is 1.88 bits per heavy atom. The van der Waals surface area contributed by atoms with Crippen molar-refractivity contribution in [3.63, 3.8) is 0 Å². The Hall–Kier alpha value is -2.07. The van der Waals surface area contributed by atoms with E-state index in [0.717, 1.165) is 6.08 Å². The van der Waals surface area contributed by atoms with Gasteiger partial charge in [-0.15, -0.1) is 0 Å². The van der Waals surface area contributed by atoms with E-state index in [1.54, 1.807) is 24.3 Å². The standard InChI is InChI=1S/C13H12O4/c14-11-6-7-13(17,12(15)16)8-10(11)9-4-2-1-3-5-9/h1-7,14,17H,8H2,(H,15,16). The largest absolute Gasteiger partial charge is 0.508 e. The van der Waals surface area contributed by atoms with Crippen LogP contribution in [0.25, 0.3) is 5.57 Å². The van der Waals surface area contributed by atoms with Gasteiger partial charge in [0.05, 0.1) is 0 Å². The monoisotopic (exact) mass is 232 g/mol. The molecule has 0 bridgehead atoms. The molecule has 3 N–H and O–H groups in total. The van der Waals surface area contributed by atoms with Gasteiger partial charge in [-0.1, -0.05) is 30.3 Å². The number of hydrogen-bond acceptors (Lipinski definition) is 3. The van der Waals surface area contributed by atoms with E-state index in [1.165, 1.54) is 6.08 Å². The zero-order chi connectivity index (χ0) is 12.5. The summed E-state index contributed by atoms with van der Waals surface area (Å²) in [6.07, 6.45) is 2.17. The Labute approximate surface area is 98.1 Å². The van der Waals surface area contributed by atoms with Crippen molar-refractivity contribution in [1.82, 2.24) is 0 Å². The van der Waals surface area contributed by atoms with Gasteiger partial charge in [-0.25, -0.2) is 4.79 Å². The summed E-state index contributed by atoms with van der Waals surface area (Å²) in [6, 6.07) is 8.91. The van der Waals surface area contributed by atoms with Crippen molar-refractivity contribution >= 4 is 11.5 Å². The summed E-state index contributed by atoms with van der Waals surface area (Å²) < 4.78 is 0. The molecule has 17 heavy (non-hydrogen) atoms. The number of rotatable bonds is 2. The fraction of sp³-hybridized carbons (Fsp3) is 0.154. The smallest absolute Gasteiger partial charge is 0.340 e. The first-order valence-corrected chi connectivity index (χ1v) is 5.15. The molecule has 0 radical (unpaired) electrons. The molecule has 1 atom stereocenters. The van der Waals surface area contributed by atoms with Gasteiger partial charge in [0.1, 0.15) is 5.76 Å². The Balaban J connectivity index is 2.41. The van der Waals surface area contributed by atoms with Gasteiger partial charge in [0, 0.05) is 12.0 Å². The normalized spacial score (nSPS) is 23.8. The topological polar surface area (TPSA) is 77.8 Å². The molecule has 1 aliphatic rings. The summed E-state index contributed by atoms with van der Waals surface area (Å²) in [5.74, 6) is -1.34. The van der Waals surface area contributed by atoms with E-state index in [-0.39, 0.29) is 12.2 Å². The van der Waals surface area contributed by atoms with Gasteiger partial charge < -0.3 is 15.3 Å². The first kappa shape index (κ1) is 11.4. The van der Waals surface area contributed by atoms with Crippen molar-refractivity contribution in [1.29, 1.82) is 0 Å². The predicted octanol–water partition coefficient (Wildman–Crippen LogP) is 1.73. The fourth-order valence-electron chi connectivity index (χ4n) is 1.77. The number of aliphatic carboxylic acids is 1. The highest BCUT2D eigenvalue weighted by molar-refractivity contribution is 5.86. The third kappa shape index (κ3) is 2.07. The summed E-state index contributed by atoms with van der Waals surface area (Å²) in [6.45, 7) is 0. The number of carboxylic acids is 1. The third-order valence-electron chi connectivity index (χ3n) is 2.76. The predicted molar refractivity (Wildman–Crippen MR) is 62.3 cm³/mol. The van der Waals surface area contributed by atoms with Crippen LogP contribution in [-0.4, -0.2) is 26.9 Å². The zero-order valence-electron chi connectivity index (χ0n) is 9.00. The van der Waals surface area contributed by atoms with E-state index in [4.69, 9.17) is 5.11 Å². The Bertz CT molecular complexity index is 501. The SMILES string of the molecule is O=C(O)C1(O)C=CC(O)=C(c2ccccc2)C1. The zero-order valence-corrected chi connectivity index (χ0v) is 9.00. The number of carbonyl (C=O) groups is 1. The lowest BCUT2D eigenvalue weighted by Gasteiger charge is -2.25. The van der Waals surface area contributed by atoms with E-state index >= 15 is 0 Å². The summed E-state index contributed by atoms with van der Waals surface area (Å²) in [7, 11) is 0. The third-order valence-corrected chi connectivity index (χ3v) is 2.76. The molecule has 1 unspecified atom stereocenters. The van der Waals surface area contributed by atoms with Crippen LogP contribution in [-0.2, 0) is 4.79 Å². The van der Waals surface area contributed by atoms with Crippen LogP contribution < -0.4 is 0 Å². The van der Waals surface area contributed by atoms with Crippen LogP contribution in [0.5, 0.6) is 0 Å². The molecule has 0 heterocycles. The highest BCUT2D eigenvalue weighted by Crippen LogP contribution is 2.33. The molecule has 1 aromatic rings. The van der Waals surface area contributed by atoms with Crippen LogP contribution in [0.4, 0.5) is 0 Å². The van der Waals surface area contributed by atoms with Crippen LogP contribution in [0.2, 0.25) is 0 Å². The van der Waals surface area contributed by atoms with Gasteiger partial charge in [0.2, 0.25) is 0 Å². The lowest BCUT2D eigenvalue weighted by Crippen LogP contribution is -2.38. The number of allylic oxidation sites excluding steroid dienone is 1.